The first-order valence-electron chi connectivity index (χ1n) is 8.79. The number of carbonyl (C=O) groups is 2. The Morgan fingerprint density at radius 2 is 2.00 bits per heavy atom. The van der Waals surface area contributed by atoms with Crippen LogP contribution in [0.15, 0.2) is 24.4 Å². The Morgan fingerprint density at radius 1 is 1.24 bits per heavy atom. The Labute approximate surface area is 163 Å². The molecule has 2 aromatic heterocycles. The molecule has 2 aromatic rings. The number of aromatic nitrogens is 3. The first-order chi connectivity index (χ1) is 13.7. The standard InChI is InChI=1S/C18H18F3N5O3/c1-10-6-13(25-17(24-10)26-15(27)12-3-4-12)16(28)23-8-11-2-5-14(22-7-11)29-9-18(19,20)21/h2,5-7,12H,3-4,8-9H2,1H3,(H,23,28)(H,24,25,26,27). The quantitative estimate of drug-likeness (QED) is 0.728. The lowest BCUT2D eigenvalue weighted by Crippen LogP contribution is -2.25. The normalized spacial score (nSPS) is 13.7. The molecule has 2 amide bonds. The molecule has 0 unspecified atom stereocenters. The van der Waals surface area contributed by atoms with Crippen molar-refractivity contribution >= 4 is 17.8 Å². The molecule has 154 valence electrons. The summed E-state index contributed by atoms with van der Waals surface area (Å²) in [5.41, 5.74) is 1.16. The van der Waals surface area contributed by atoms with Gasteiger partial charge in [0.25, 0.3) is 5.91 Å². The molecule has 0 aliphatic heterocycles. The van der Waals surface area contributed by atoms with Gasteiger partial charge < -0.3 is 10.1 Å². The minimum absolute atomic E-state index is 0.0213. The predicted molar refractivity (Wildman–Crippen MR) is 95.1 cm³/mol. The van der Waals surface area contributed by atoms with Crippen molar-refractivity contribution in [3.63, 3.8) is 0 Å². The summed E-state index contributed by atoms with van der Waals surface area (Å²) in [6.45, 7) is 0.329. The molecular weight excluding hydrogens is 391 g/mol. The van der Waals surface area contributed by atoms with E-state index in [1.54, 1.807) is 6.92 Å². The Hall–Kier alpha value is -3.24. The van der Waals surface area contributed by atoms with Gasteiger partial charge in [0, 0.05) is 30.4 Å². The lowest BCUT2D eigenvalue weighted by molar-refractivity contribution is -0.154. The highest BCUT2D eigenvalue weighted by Crippen LogP contribution is 2.29. The molecule has 8 nitrogen and oxygen atoms in total. The summed E-state index contributed by atoms with van der Waals surface area (Å²) in [7, 11) is 0. The minimum atomic E-state index is -4.44. The van der Waals surface area contributed by atoms with Crippen LogP contribution in [0.3, 0.4) is 0 Å². The van der Waals surface area contributed by atoms with Crippen molar-refractivity contribution in [2.24, 2.45) is 5.92 Å². The molecule has 2 heterocycles. The van der Waals surface area contributed by atoms with Crippen LogP contribution in [0, 0.1) is 12.8 Å². The monoisotopic (exact) mass is 409 g/mol. The SMILES string of the molecule is Cc1cc(C(=O)NCc2ccc(OCC(F)(F)F)nc2)nc(NC(=O)C2CC2)n1. The molecule has 3 rings (SSSR count). The van der Waals surface area contributed by atoms with Crippen LogP contribution in [0.2, 0.25) is 0 Å². The van der Waals surface area contributed by atoms with Gasteiger partial charge in [-0.25, -0.2) is 15.0 Å². The topological polar surface area (TPSA) is 106 Å². The van der Waals surface area contributed by atoms with Crippen molar-refractivity contribution in [1.29, 1.82) is 0 Å². The highest BCUT2D eigenvalue weighted by Gasteiger charge is 2.30. The number of hydrogen-bond donors (Lipinski definition) is 2. The zero-order valence-electron chi connectivity index (χ0n) is 15.4. The third-order valence-corrected chi connectivity index (χ3v) is 3.90. The number of alkyl halides is 3. The number of carbonyl (C=O) groups excluding carboxylic acids is 2. The molecule has 2 N–H and O–H groups in total. The summed E-state index contributed by atoms with van der Waals surface area (Å²) < 4.78 is 40.9. The van der Waals surface area contributed by atoms with Crippen molar-refractivity contribution in [3.8, 4) is 5.88 Å². The van der Waals surface area contributed by atoms with Gasteiger partial charge in [0.15, 0.2) is 6.61 Å². The summed E-state index contributed by atoms with van der Waals surface area (Å²) in [5, 5.41) is 5.23. The van der Waals surface area contributed by atoms with Crippen LogP contribution in [0.25, 0.3) is 0 Å². The van der Waals surface area contributed by atoms with Crippen molar-refractivity contribution in [3.05, 3.63) is 41.3 Å². The van der Waals surface area contributed by atoms with Gasteiger partial charge in [-0.05, 0) is 31.4 Å². The molecule has 0 aromatic carbocycles. The van der Waals surface area contributed by atoms with Gasteiger partial charge in [-0.3, -0.25) is 14.9 Å². The van der Waals surface area contributed by atoms with Gasteiger partial charge in [0.05, 0.1) is 0 Å². The van der Waals surface area contributed by atoms with Crippen molar-refractivity contribution in [2.75, 3.05) is 11.9 Å². The van der Waals surface area contributed by atoms with Crippen LogP contribution >= 0.6 is 0 Å². The zero-order valence-corrected chi connectivity index (χ0v) is 15.4. The maximum Gasteiger partial charge on any atom is 0.422 e. The van der Waals surface area contributed by atoms with Gasteiger partial charge in [-0.1, -0.05) is 6.07 Å². The number of anilines is 1. The van der Waals surface area contributed by atoms with E-state index in [2.05, 4.69) is 30.3 Å². The van der Waals surface area contributed by atoms with Crippen LogP contribution < -0.4 is 15.4 Å². The fourth-order valence-corrected chi connectivity index (χ4v) is 2.33. The van der Waals surface area contributed by atoms with Crippen LogP contribution in [0.4, 0.5) is 19.1 Å². The van der Waals surface area contributed by atoms with Crippen molar-refractivity contribution in [2.45, 2.75) is 32.5 Å². The van der Waals surface area contributed by atoms with E-state index in [9.17, 15) is 22.8 Å². The third kappa shape index (κ3) is 6.40. The van der Waals surface area contributed by atoms with E-state index >= 15 is 0 Å². The van der Waals surface area contributed by atoms with Gasteiger partial charge in [-0.2, -0.15) is 13.2 Å². The second-order valence-electron chi connectivity index (χ2n) is 6.57. The van der Waals surface area contributed by atoms with Crippen LogP contribution in [0.1, 0.15) is 34.6 Å². The molecule has 0 radical (unpaired) electrons. The Kier molecular flexibility index (Phi) is 5.95. The number of nitrogens with one attached hydrogen (secondary N) is 2. The van der Waals surface area contributed by atoms with E-state index in [1.807, 2.05) is 0 Å². The summed E-state index contributed by atoms with van der Waals surface area (Å²) in [4.78, 5) is 36.1. The molecule has 1 aliphatic rings. The summed E-state index contributed by atoms with van der Waals surface area (Å²) in [6, 6.07) is 4.26. The Bertz CT molecular complexity index is 899. The fraction of sp³-hybridized carbons (Fsp3) is 0.389. The maximum atomic E-state index is 12.4. The van der Waals surface area contributed by atoms with E-state index in [-0.39, 0.29) is 35.9 Å². The van der Waals surface area contributed by atoms with E-state index in [4.69, 9.17) is 0 Å². The smallest absolute Gasteiger partial charge is 0.422 e. The number of ether oxygens (including phenoxy) is 1. The van der Waals surface area contributed by atoms with Gasteiger partial charge in [0.2, 0.25) is 17.7 Å². The highest BCUT2D eigenvalue weighted by atomic mass is 19.4. The molecule has 0 saturated heterocycles. The second kappa shape index (κ2) is 8.41. The molecular formula is C18H18F3N5O3. The Morgan fingerprint density at radius 3 is 2.62 bits per heavy atom. The van der Waals surface area contributed by atoms with Crippen LogP contribution in [0.5, 0.6) is 5.88 Å². The number of nitrogens with zero attached hydrogens (tertiary/aromatic N) is 3. The number of aryl methyl sites for hydroxylation is 1. The average Bonchev–Trinajstić information content (AvgIpc) is 3.49. The molecule has 11 heteroatoms. The summed E-state index contributed by atoms with van der Waals surface area (Å²) in [6.07, 6.45) is -1.47. The fourth-order valence-electron chi connectivity index (χ4n) is 2.33. The maximum absolute atomic E-state index is 12.4. The molecule has 1 fully saturated rings. The van der Waals surface area contributed by atoms with E-state index < -0.39 is 18.7 Å². The number of amides is 2. The van der Waals surface area contributed by atoms with Crippen molar-refractivity contribution < 1.29 is 27.5 Å². The summed E-state index contributed by atoms with van der Waals surface area (Å²) in [5.74, 6) is -0.776. The second-order valence-corrected chi connectivity index (χ2v) is 6.57. The third-order valence-electron chi connectivity index (χ3n) is 3.90. The first kappa shape index (κ1) is 20.5. The number of halogens is 3. The molecule has 1 saturated carbocycles. The molecule has 0 spiro atoms. The van der Waals surface area contributed by atoms with E-state index in [0.29, 0.717) is 11.3 Å². The minimum Gasteiger partial charge on any atom is -0.468 e. The first-order valence-corrected chi connectivity index (χ1v) is 8.79. The Balaban J connectivity index is 1.56. The number of pyridine rings is 1. The number of rotatable bonds is 7. The van der Waals surface area contributed by atoms with Gasteiger partial charge >= 0.3 is 6.18 Å². The molecule has 0 bridgehead atoms. The van der Waals surface area contributed by atoms with E-state index in [1.165, 1.54) is 24.4 Å². The van der Waals surface area contributed by atoms with Crippen LogP contribution in [-0.4, -0.2) is 39.5 Å². The van der Waals surface area contributed by atoms with E-state index in [0.717, 1.165) is 12.8 Å². The highest BCUT2D eigenvalue weighted by molar-refractivity contribution is 5.95. The number of hydrogen-bond acceptors (Lipinski definition) is 6. The van der Waals surface area contributed by atoms with Crippen LogP contribution in [-0.2, 0) is 11.3 Å². The zero-order chi connectivity index (χ0) is 21.0. The largest absolute Gasteiger partial charge is 0.468 e. The predicted octanol–water partition coefficient (Wildman–Crippen LogP) is 2.40. The molecule has 0 atom stereocenters. The van der Waals surface area contributed by atoms with Crippen molar-refractivity contribution in [1.82, 2.24) is 20.3 Å². The summed E-state index contributed by atoms with van der Waals surface area (Å²) >= 11 is 0. The van der Waals surface area contributed by atoms with Gasteiger partial charge in [-0.15, -0.1) is 0 Å². The van der Waals surface area contributed by atoms with Gasteiger partial charge in [0.1, 0.15) is 5.69 Å². The molecule has 1 aliphatic carbocycles. The molecule has 29 heavy (non-hydrogen) atoms. The lowest BCUT2D eigenvalue weighted by Gasteiger charge is -2.10. The average molecular weight is 409 g/mol. The lowest BCUT2D eigenvalue weighted by atomic mass is 10.2.